The number of halogens is 6. The minimum absolute atomic E-state index is 0.118. The molecule has 0 aliphatic carbocycles. The number of hydrogen-bond acceptors (Lipinski definition) is 6. The van der Waals surface area contributed by atoms with Crippen molar-refractivity contribution in [3.05, 3.63) is 71.7 Å². The van der Waals surface area contributed by atoms with Crippen LogP contribution in [-0.2, 0) is 5.92 Å². The predicted octanol–water partition coefficient (Wildman–Crippen LogP) is 5.80. The van der Waals surface area contributed by atoms with E-state index in [1.807, 2.05) is 0 Å². The molecule has 5 aromatic rings. The SMILES string of the molecule is Cc1c(N)cccc1-c1noc(-c2cc3nc(-c4ccc(F)cc4)cc(C(F)(F)C(F)(F)F)n3n2)n1. The minimum Gasteiger partial charge on any atom is -0.398 e. The smallest absolute Gasteiger partial charge is 0.398 e. The third kappa shape index (κ3) is 3.82. The predicted molar refractivity (Wildman–Crippen MR) is 116 cm³/mol. The van der Waals surface area contributed by atoms with Crippen LogP contribution in [-0.4, -0.2) is 30.9 Å². The van der Waals surface area contributed by atoms with Gasteiger partial charge in [-0.25, -0.2) is 13.9 Å². The summed E-state index contributed by atoms with van der Waals surface area (Å²) in [6, 6.07) is 11.2. The molecule has 0 atom stereocenters. The molecule has 184 valence electrons. The molecule has 2 N–H and O–H groups in total. The zero-order valence-corrected chi connectivity index (χ0v) is 18.2. The molecule has 0 amide bonds. The van der Waals surface area contributed by atoms with Gasteiger partial charge in [-0.3, -0.25) is 0 Å². The molecule has 0 radical (unpaired) electrons. The molecule has 5 rings (SSSR count). The van der Waals surface area contributed by atoms with E-state index < -0.39 is 23.6 Å². The molecule has 7 nitrogen and oxygen atoms in total. The quantitative estimate of drug-likeness (QED) is 0.246. The Morgan fingerprint density at radius 3 is 2.33 bits per heavy atom. The van der Waals surface area contributed by atoms with E-state index in [1.165, 1.54) is 12.1 Å². The fraction of sp³-hybridized carbons (Fsp3) is 0.130. The molecule has 0 aliphatic rings. The summed E-state index contributed by atoms with van der Waals surface area (Å²) in [7, 11) is 0. The van der Waals surface area contributed by atoms with Crippen LogP contribution in [0.25, 0.3) is 39.9 Å². The maximum absolute atomic E-state index is 14.5. The second kappa shape index (κ2) is 8.07. The van der Waals surface area contributed by atoms with Crippen molar-refractivity contribution in [2.75, 3.05) is 5.73 Å². The van der Waals surface area contributed by atoms with Gasteiger partial charge in [0.25, 0.3) is 5.89 Å². The molecule has 0 unspecified atom stereocenters. The maximum Gasteiger partial charge on any atom is 0.459 e. The van der Waals surface area contributed by atoms with Crippen molar-refractivity contribution in [1.29, 1.82) is 0 Å². The van der Waals surface area contributed by atoms with E-state index in [1.54, 1.807) is 25.1 Å². The molecule has 0 bridgehead atoms. The van der Waals surface area contributed by atoms with Crippen LogP contribution in [0.15, 0.2) is 59.1 Å². The van der Waals surface area contributed by atoms with E-state index in [9.17, 15) is 26.3 Å². The molecular formula is C23H14F6N6O. The topological polar surface area (TPSA) is 95.1 Å². The van der Waals surface area contributed by atoms with Gasteiger partial charge in [0.05, 0.1) is 5.69 Å². The summed E-state index contributed by atoms with van der Waals surface area (Å²) in [5.74, 6) is -6.02. The lowest BCUT2D eigenvalue weighted by Gasteiger charge is -2.21. The van der Waals surface area contributed by atoms with Gasteiger partial charge >= 0.3 is 12.1 Å². The van der Waals surface area contributed by atoms with Crippen molar-refractivity contribution < 1.29 is 30.9 Å². The molecular weight excluding hydrogens is 490 g/mol. The van der Waals surface area contributed by atoms with Crippen LogP contribution in [0.3, 0.4) is 0 Å². The van der Waals surface area contributed by atoms with Crippen molar-refractivity contribution in [2.24, 2.45) is 0 Å². The van der Waals surface area contributed by atoms with Gasteiger partial charge in [-0.05, 0) is 48.9 Å². The highest BCUT2D eigenvalue weighted by atomic mass is 19.4. The number of anilines is 1. The van der Waals surface area contributed by atoms with Gasteiger partial charge in [0.1, 0.15) is 11.5 Å². The fourth-order valence-electron chi connectivity index (χ4n) is 3.55. The standard InChI is InChI=1S/C23H14F6N6O/c1-11-14(3-2-4-15(11)30)20-32-21(36-34-20)17-10-19-31-16(12-5-7-13(24)8-6-12)9-18(35(19)33-17)22(25,26)23(27,28)29/h2-10H,30H2,1H3. The van der Waals surface area contributed by atoms with Crippen LogP contribution in [0, 0.1) is 12.7 Å². The molecule has 3 aromatic heterocycles. The normalized spacial score (nSPS) is 12.4. The lowest BCUT2D eigenvalue weighted by atomic mass is 10.1. The number of alkyl halides is 5. The number of benzene rings is 2. The maximum atomic E-state index is 14.5. The first kappa shape index (κ1) is 23.3. The molecule has 13 heteroatoms. The van der Waals surface area contributed by atoms with Crippen LogP contribution >= 0.6 is 0 Å². The van der Waals surface area contributed by atoms with Crippen molar-refractivity contribution in [3.8, 4) is 34.2 Å². The Morgan fingerprint density at radius 1 is 0.917 bits per heavy atom. The summed E-state index contributed by atoms with van der Waals surface area (Å²) in [5, 5.41) is 7.70. The summed E-state index contributed by atoms with van der Waals surface area (Å²) in [6.07, 6.45) is -5.92. The Labute approximate surface area is 198 Å². The van der Waals surface area contributed by atoms with Crippen LogP contribution in [0.2, 0.25) is 0 Å². The summed E-state index contributed by atoms with van der Waals surface area (Å²) in [4.78, 5) is 8.33. The summed E-state index contributed by atoms with van der Waals surface area (Å²) < 4.78 is 87.9. The molecule has 0 spiro atoms. The number of nitrogens with zero attached hydrogens (tertiary/aromatic N) is 5. The van der Waals surface area contributed by atoms with Gasteiger partial charge in [-0.15, -0.1) is 0 Å². The summed E-state index contributed by atoms with van der Waals surface area (Å²) >= 11 is 0. The Balaban J connectivity index is 1.68. The van der Waals surface area contributed by atoms with Crippen molar-refractivity contribution in [3.63, 3.8) is 0 Å². The summed E-state index contributed by atoms with van der Waals surface area (Å²) in [5.41, 5.74) is 5.44. The van der Waals surface area contributed by atoms with Crippen molar-refractivity contribution in [2.45, 2.75) is 19.0 Å². The third-order valence-electron chi connectivity index (χ3n) is 5.51. The van der Waals surface area contributed by atoms with Gasteiger partial charge in [0, 0.05) is 22.9 Å². The molecule has 2 aromatic carbocycles. The van der Waals surface area contributed by atoms with E-state index >= 15 is 0 Å². The fourth-order valence-corrected chi connectivity index (χ4v) is 3.55. The third-order valence-corrected chi connectivity index (χ3v) is 5.51. The molecule has 0 saturated heterocycles. The zero-order chi connectivity index (χ0) is 25.8. The first-order chi connectivity index (χ1) is 17.0. The Morgan fingerprint density at radius 2 is 1.64 bits per heavy atom. The van der Waals surface area contributed by atoms with Crippen LogP contribution in [0.1, 0.15) is 11.3 Å². The molecule has 0 saturated carbocycles. The zero-order valence-electron chi connectivity index (χ0n) is 18.2. The number of nitrogens with two attached hydrogens (primary N) is 1. The van der Waals surface area contributed by atoms with Crippen LogP contribution in [0.4, 0.5) is 32.0 Å². The van der Waals surface area contributed by atoms with E-state index in [4.69, 9.17) is 10.3 Å². The van der Waals surface area contributed by atoms with E-state index in [2.05, 4.69) is 20.2 Å². The highest BCUT2D eigenvalue weighted by Gasteiger charge is 2.60. The first-order valence-electron chi connectivity index (χ1n) is 10.3. The Kier molecular flexibility index (Phi) is 5.23. The lowest BCUT2D eigenvalue weighted by molar-refractivity contribution is -0.291. The monoisotopic (exact) mass is 504 g/mol. The Hall–Kier alpha value is -4.42. The number of hydrogen-bond donors (Lipinski definition) is 1. The average Bonchev–Trinajstić information content (AvgIpc) is 3.47. The number of nitrogen functional groups attached to an aromatic ring is 1. The van der Waals surface area contributed by atoms with Crippen molar-refractivity contribution >= 4 is 11.3 Å². The molecule has 0 fully saturated rings. The highest BCUT2D eigenvalue weighted by Crippen LogP contribution is 2.44. The lowest BCUT2D eigenvalue weighted by Crippen LogP contribution is -2.35. The van der Waals surface area contributed by atoms with E-state index in [-0.39, 0.29) is 34.3 Å². The van der Waals surface area contributed by atoms with Crippen molar-refractivity contribution in [1.82, 2.24) is 24.7 Å². The second-order valence-corrected chi connectivity index (χ2v) is 7.85. The summed E-state index contributed by atoms with van der Waals surface area (Å²) in [6.45, 7) is 1.73. The van der Waals surface area contributed by atoms with Crippen LogP contribution in [0.5, 0.6) is 0 Å². The van der Waals surface area contributed by atoms with Gasteiger partial charge in [-0.1, -0.05) is 17.3 Å². The number of rotatable bonds is 4. The van der Waals surface area contributed by atoms with Gasteiger partial charge < -0.3 is 10.3 Å². The molecule has 0 aliphatic heterocycles. The first-order valence-corrected chi connectivity index (χ1v) is 10.3. The van der Waals surface area contributed by atoms with Gasteiger partial charge in [0.15, 0.2) is 11.3 Å². The van der Waals surface area contributed by atoms with Gasteiger partial charge in [-0.2, -0.15) is 32.0 Å². The number of fused-ring (bicyclic) bond motifs is 1. The average molecular weight is 504 g/mol. The molecule has 3 heterocycles. The highest BCUT2D eigenvalue weighted by molar-refractivity contribution is 5.69. The van der Waals surface area contributed by atoms with E-state index in [0.29, 0.717) is 27.4 Å². The van der Waals surface area contributed by atoms with Gasteiger partial charge in [0.2, 0.25) is 5.82 Å². The Bertz CT molecular complexity index is 1590. The second-order valence-electron chi connectivity index (χ2n) is 7.85. The largest absolute Gasteiger partial charge is 0.459 e. The molecule has 36 heavy (non-hydrogen) atoms. The van der Waals surface area contributed by atoms with Crippen LogP contribution < -0.4 is 5.73 Å². The number of aromatic nitrogens is 5. The minimum atomic E-state index is -5.92. The van der Waals surface area contributed by atoms with E-state index in [0.717, 1.165) is 18.2 Å².